The molecule has 1 unspecified atom stereocenters. The molecule has 1 N–H and O–H groups in total. The highest BCUT2D eigenvalue weighted by atomic mass is 32.2. The third-order valence-corrected chi connectivity index (χ3v) is 6.05. The molecule has 0 aliphatic rings. The van der Waals surface area contributed by atoms with Gasteiger partial charge in [-0.1, -0.05) is 84.6 Å². The van der Waals surface area contributed by atoms with Crippen molar-refractivity contribution >= 4 is 34.0 Å². The SMILES string of the molecule is CCc1ccc(C(=O)C(C)Sc2nnc(NCc3ccccc3)s2)cc1. The summed E-state index contributed by atoms with van der Waals surface area (Å²) in [5.74, 6) is 0.117. The molecule has 2 aromatic carbocycles. The van der Waals surface area contributed by atoms with Crippen molar-refractivity contribution in [2.24, 2.45) is 0 Å². The van der Waals surface area contributed by atoms with Crippen LogP contribution in [0.2, 0.25) is 0 Å². The van der Waals surface area contributed by atoms with Gasteiger partial charge in [0.15, 0.2) is 10.1 Å². The number of aromatic nitrogens is 2. The van der Waals surface area contributed by atoms with Crippen molar-refractivity contribution in [1.82, 2.24) is 10.2 Å². The summed E-state index contributed by atoms with van der Waals surface area (Å²) in [7, 11) is 0. The third-order valence-electron chi connectivity index (χ3n) is 3.99. The summed E-state index contributed by atoms with van der Waals surface area (Å²) in [6.45, 7) is 4.73. The molecule has 4 nitrogen and oxygen atoms in total. The Bertz CT molecular complexity index is 847. The fourth-order valence-electron chi connectivity index (χ4n) is 2.45. The molecule has 1 heterocycles. The number of carbonyl (C=O) groups excluding carboxylic acids is 1. The molecular formula is C20H21N3OS2. The van der Waals surface area contributed by atoms with Crippen LogP contribution in [0.15, 0.2) is 58.9 Å². The second kappa shape index (κ2) is 8.96. The number of hydrogen-bond donors (Lipinski definition) is 1. The molecule has 0 aliphatic carbocycles. The predicted molar refractivity (Wildman–Crippen MR) is 109 cm³/mol. The number of anilines is 1. The number of hydrogen-bond acceptors (Lipinski definition) is 6. The molecule has 3 aromatic rings. The van der Waals surface area contributed by atoms with Crippen LogP contribution in [-0.2, 0) is 13.0 Å². The van der Waals surface area contributed by atoms with Crippen LogP contribution in [0.3, 0.4) is 0 Å². The molecule has 0 saturated carbocycles. The largest absolute Gasteiger partial charge is 0.356 e. The summed E-state index contributed by atoms with van der Waals surface area (Å²) in [6, 6.07) is 18.0. The van der Waals surface area contributed by atoms with E-state index < -0.39 is 0 Å². The number of carbonyl (C=O) groups is 1. The third kappa shape index (κ3) is 4.93. The molecule has 0 amide bonds. The molecule has 26 heavy (non-hydrogen) atoms. The van der Waals surface area contributed by atoms with Crippen molar-refractivity contribution < 1.29 is 4.79 Å². The zero-order valence-electron chi connectivity index (χ0n) is 14.8. The van der Waals surface area contributed by atoms with E-state index in [4.69, 9.17) is 0 Å². The van der Waals surface area contributed by atoms with Crippen LogP contribution in [0, 0.1) is 0 Å². The monoisotopic (exact) mass is 383 g/mol. The summed E-state index contributed by atoms with van der Waals surface area (Å²) >= 11 is 2.93. The van der Waals surface area contributed by atoms with Gasteiger partial charge in [-0.05, 0) is 24.5 Å². The standard InChI is InChI=1S/C20H21N3OS2/c1-3-15-9-11-17(12-10-15)18(24)14(2)25-20-23-22-19(26-20)21-13-16-7-5-4-6-8-16/h4-12,14H,3,13H2,1-2H3,(H,21,22). The van der Waals surface area contributed by atoms with Crippen molar-refractivity contribution in [2.75, 3.05) is 5.32 Å². The summed E-state index contributed by atoms with van der Waals surface area (Å²) in [5, 5.41) is 12.2. The van der Waals surface area contributed by atoms with Gasteiger partial charge >= 0.3 is 0 Å². The minimum Gasteiger partial charge on any atom is -0.356 e. The van der Waals surface area contributed by atoms with Crippen molar-refractivity contribution in [3.63, 3.8) is 0 Å². The van der Waals surface area contributed by atoms with E-state index >= 15 is 0 Å². The highest BCUT2D eigenvalue weighted by molar-refractivity contribution is 8.02. The fourth-order valence-corrected chi connectivity index (χ4v) is 4.42. The molecule has 0 bridgehead atoms. The van der Waals surface area contributed by atoms with E-state index in [0.29, 0.717) is 6.54 Å². The Balaban J connectivity index is 1.56. The Morgan fingerprint density at radius 3 is 2.50 bits per heavy atom. The van der Waals surface area contributed by atoms with Gasteiger partial charge in [-0.2, -0.15) is 0 Å². The molecule has 1 atom stereocenters. The normalized spacial score (nSPS) is 11.9. The molecule has 0 aliphatic heterocycles. The number of thioether (sulfide) groups is 1. The zero-order chi connectivity index (χ0) is 18.4. The number of benzene rings is 2. The van der Waals surface area contributed by atoms with E-state index in [2.05, 4.69) is 34.6 Å². The van der Waals surface area contributed by atoms with E-state index in [1.54, 1.807) is 0 Å². The zero-order valence-corrected chi connectivity index (χ0v) is 16.4. The van der Waals surface area contributed by atoms with Gasteiger partial charge in [-0.25, -0.2) is 0 Å². The van der Waals surface area contributed by atoms with Crippen LogP contribution in [0.4, 0.5) is 5.13 Å². The van der Waals surface area contributed by atoms with Crippen LogP contribution < -0.4 is 5.32 Å². The average Bonchev–Trinajstić information content (AvgIpc) is 3.14. The van der Waals surface area contributed by atoms with Crippen LogP contribution in [-0.4, -0.2) is 21.2 Å². The summed E-state index contributed by atoms with van der Waals surface area (Å²) in [6.07, 6.45) is 0.975. The van der Waals surface area contributed by atoms with Gasteiger partial charge in [-0.15, -0.1) is 10.2 Å². The lowest BCUT2D eigenvalue weighted by atomic mass is 10.1. The van der Waals surface area contributed by atoms with Gasteiger partial charge < -0.3 is 5.32 Å². The minimum absolute atomic E-state index is 0.117. The first kappa shape index (κ1) is 18.6. The highest BCUT2D eigenvalue weighted by Crippen LogP contribution is 2.30. The number of ketones is 1. The van der Waals surface area contributed by atoms with Crippen molar-refractivity contribution in [2.45, 2.75) is 36.4 Å². The summed E-state index contributed by atoms with van der Waals surface area (Å²) in [4.78, 5) is 12.6. The number of rotatable bonds is 8. The van der Waals surface area contributed by atoms with E-state index in [-0.39, 0.29) is 11.0 Å². The quantitative estimate of drug-likeness (QED) is 0.434. The molecule has 0 radical (unpaired) electrons. The Labute approximate surface area is 162 Å². The first-order chi connectivity index (χ1) is 12.7. The Morgan fingerprint density at radius 1 is 1.08 bits per heavy atom. The van der Waals surface area contributed by atoms with E-state index in [0.717, 1.165) is 21.5 Å². The lowest BCUT2D eigenvalue weighted by molar-refractivity contribution is 0.0994. The van der Waals surface area contributed by atoms with Gasteiger partial charge in [0.1, 0.15) is 0 Å². The molecule has 3 rings (SSSR count). The molecule has 0 spiro atoms. The highest BCUT2D eigenvalue weighted by Gasteiger charge is 2.18. The fraction of sp³-hybridized carbons (Fsp3) is 0.250. The van der Waals surface area contributed by atoms with Crippen molar-refractivity contribution in [3.05, 3.63) is 71.3 Å². The van der Waals surface area contributed by atoms with E-state index in [9.17, 15) is 4.79 Å². The van der Waals surface area contributed by atoms with Crippen LogP contribution >= 0.6 is 23.1 Å². The van der Waals surface area contributed by atoms with Gasteiger partial charge in [0.05, 0.1) is 5.25 Å². The molecule has 0 fully saturated rings. The Morgan fingerprint density at radius 2 is 1.81 bits per heavy atom. The number of aryl methyl sites for hydroxylation is 1. The molecule has 6 heteroatoms. The van der Waals surface area contributed by atoms with Gasteiger partial charge in [-0.3, -0.25) is 4.79 Å². The van der Waals surface area contributed by atoms with Crippen molar-refractivity contribution in [3.8, 4) is 0 Å². The molecular weight excluding hydrogens is 362 g/mol. The van der Waals surface area contributed by atoms with Gasteiger partial charge in [0.25, 0.3) is 0 Å². The van der Waals surface area contributed by atoms with Crippen LogP contribution in [0.5, 0.6) is 0 Å². The van der Waals surface area contributed by atoms with Crippen LogP contribution in [0.25, 0.3) is 0 Å². The smallest absolute Gasteiger partial charge is 0.206 e. The van der Waals surface area contributed by atoms with E-state index in [1.165, 1.54) is 34.2 Å². The number of Topliss-reactive ketones (excluding diaryl/α,β-unsaturated/α-hetero) is 1. The number of nitrogens with one attached hydrogen (secondary N) is 1. The molecule has 0 saturated heterocycles. The van der Waals surface area contributed by atoms with E-state index in [1.807, 2.05) is 49.4 Å². The first-order valence-corrected chi connectivity index (χ1v) is 10.3. The predicted octanol–water partition coefficient (Wildman–Crippen LogP) is 5.08. The average molecular weight is 384 g/mol. The molecule has 1 aromatic heterocycles. The first-order valence-electron chi connectivity index (χ1n) is 8.57. The second-order valence-corrected chi connectivity index (χ2v) is 8.45. The van der Waals surface area contributed by atoms with Gasteiger partial charge in [0.2, 0.25) is 5.13 Å². The molecule has 134 valence electrons. The maximum atomic E-state index is 12.6. The maximum Gasteiger partial charge on any atom is 0.206 e. The minimum atomic E-state index is -0.197. The summed E-state index contributed by atoms with van der Waals surface area (Å²) < 4.78 is 0.798. The topological polar surface area (TPSA) is 54.9 Å². The number of nitrogens with zero attached hydrogens (tertiary/aromatic N) is 2. The Hall–Kier alpha value is -2.18. The van der Waals surface area contributed by atoms with Gasteiger partial charge in [0, 0.05) is 12.1 Å². The Kier molecular flexibility index (Phi) is 6.41. The summed E-state index contributed by atoms with van der Waals surface area (Å²) in [5.41, 5.74) is 3.17. The lowest BCUT2D eigenvalue weighted by Crippen LogP contribution is -2.13. The second-order valence-electron chi connectivity index (χ2n) is 5.89. The lowest BCUT2D eigenvalue weighted by Gasteiger charge is -2.08. The maximum absolute atomic E-state index is 12.6. The van der Waals surface area contributed by atoms with Crippen molar-refractivity contribution in [1.29, 1.82) is 0 Å². The van der Waals surface area contributed by atoms with Crippen LogP contribution in [0.1, 0.15) is 35.3 Å².